The van der Waals surface area contributed by atoms with Crippen molar-refractivity contribution in [1.29, 1.82) is 0 Å². The lowest BCUT2D eigenvalue weighted by atomic mass is 10.2. The van der Waals surface area contributed by atoms with Crippen LogP contribution in [0.5, 0.6) is 0 Å². The number of fused-ring (bicyclic) bond motifs is 1. The number of carbonyl (C=O) groups excluding carboxylic acids is 1. The van der Waals surface area contributed by atoms with E-state index in [0.717, 1.165) is 11.9 Å². The molecule has 4 nitrogen and oxygen atoms in total. The predicted molar refractivity (Wildman–Crippen MR) is 73.9 cm³/mol. The summed E-state index contributed by atoms with van der Waals surface area (Å²) in [6, 6.07) is 10.9. The molecule has 2 aromatic heterocycles. The van der Waals surface area contributed by atoms with Crippen LogP contribution in [0, 0.1) is 0 Å². The Bertz CT molecular complexity index is 756. The van der Waals surface area contributed by atoms with Gasteiger partial charge in [-0.1, -0.05) is 29.8 Å². The fraction of sp³-hybridized carbons (Fsp3) is 0. The SMILES string of the molecule is O=Cc1cccc(Cl)c1Sc1nnc2ccccn12. The van der Waals surface area contributed by atoms with E-state index >= 15 is 0 Å². The lowest BCUT2D eigenvalue weighted by Crippen LogP contribution is -1.90. The average molecular weight is 290 g/mol. The van der Waals surface area contributed by atoms with Crippen molar-refractivity contribution < 1.29 is 4.79 Å². The molecule has 0 atom stereocenters. The number of aldehydes is 1. The lowest BCUT2D eigenvalue weighted by molar-refractivity contribution is 0.112. The van der Waals surface area contributed by atoms with Gasteiger partial charge in [0.2, 0.25) is 0 Å². The second kappa shape index (κ2) is 5.03. The minimum atomic E-state index is 0.530. The maximum atomic E-state index is 11.1. The molecule has 0 bridgehead atoms. The standard InChI is InChI=1S/C13H8ClN3OS/c14-10-5-3-4-9(8-18)12(10)19-13-16-15-11-6-1-2-7-17(11)13/h1-8H. The van der Waals surface area contributed by atoms with Crippen LogP contribution in [-0.2, 0) is 0 Å². The van der Waals surface area contributed by atoms with Gasteiger partial charge < -0.3 is 0 Å². The number of carbonyl (C=O) groups is 1. The molecular formula is C13H8ClN3OS. The summed E-state index contributed by atoms with van der Waals surface area (Å²) in [5.74, 6) is 0. The van der Waals surface area contributed by atoms with Crippen molar-refractivity contribution in [3.8, 4) is 0 Å². The van der Waals surface area contributed by atoms with Gasteiger partial charge in [0.1, 0.15) is 0 Å². The largest absolute Gasteiger partial charge is 0.298 e. The molecule has 6 heteroatoms. The van der Waals surface area contributed by atoms with E-state index in [2.05, 4.69) is 10.2 Å². The Balaban J connectivity index is 2.09. The highest BCUT2D eigenvalue weighted by Gasteiger charge is 2.12. The Morgan fingerprint density at radius 1 is 1.16 bits per heavy atom. The third kappa shape index (κ3) is 2.22. The number of nitrogens with zero attached hydrogens (tertiary/aromatic N) is 3. The minimum absolute atomic E-state index is 0.530. The molecule has 0 unspecified atom stereocenters. The zero-order valence-corrected chi connectivity index (χ0v) is 11.2. The van der Waals surface area contributed by atoms with E-state index in [1.807, 2.05) is 28.8 Å². The van der Waals surface area contributed by atoms with E-state index in [9.17, 15) is 4.79 Å². The number of hydrogen-bond acceptors (Lipinski definition) is 4. The van der Waals surface area contributed by atoms with Gasteiger partial charge in [0, 0.05) is 16.7 Å². The Hall–Kier alpha value is -1.85. The molecule has 3 aromatic rings. The number of hydrogen-bond donors (Lipinski definition) is 0. The van der Waals surface area contributed by atoms with E-state index < -0.39 is 0 Å². The summed E-state index contributed by atoms with van der Waals surface area (Å²) >= 11 is 7.47. The Labute approximate surface area is 118 Å². The van der Waals surface area contributed by atoms with Crippen LogP contribution in [0.3, 0.4) is 0 Å². The van der Waals surface area contributed by atoms with Gasteiger partial charge in [-0.25, -0.2) is 0 Å². The molecule has 2 heterocycles. The molecule has 3 rings (SSSR count). The van der Waals surface area contributed by atoms with Crippen molar-refractivity contribution in [2.45, 2.75) is 10.1 Å². The highest BCUT2D eigenvalue weighted by atomic mass is 35.5. The predicted octanol–water partition coefficient (Wildman–Crippen LogP) is 3.35. The molecule has 0 saturated heterocycles. The second-order valence-corrected chi connectivity index (χ2v) is 5.17. The topological polar surface area (TPSA) is 47.3 Å². The number of rotatable bonds is 3. The first-order valence-electron chi connectivity index (χ1n) is 5.51. The van der Waals surface area contributed by atoms with Gasteiger partial charge in [-0.3, -0.25) is 9.20 Å². The van der Waals surface area contributed by atoms with Crippen molar-refractivity contribution in [2.24, 2.45) is 0 Å². The highest BCUT2D eigenvalue weighted by Crippen LogP contribution is 2.34. The van der Waals surface area contributed by atoms with Crippen LogP contribution in [0.4, 0.5) is 0 Å². The van der Waals surface area contributed by atoms with Gasteiger partial charge in [0.05, 0.1) is 5.02 Å². The fourth-order valence-electron chi connectivity index (χ4n) is 1.71. The van der Waals surface area contributed by atoms with Gasteiger partial charge in [-0.05, 0) is 30.0 Å². The van der Waals surface area contributed by atoms with E-state index in [0.29, 0.717) is 20.6 Å². The van der Waals surface area contributed by atoms with Crippen LogP contribution in [0.25, 0.3) is 5.65 Å². The van der Waals surface area contributed by atoms with Crippen LogP contribution < -0.4 is 0 Å². The molecule has 0 saturated carbocycles. The van der Waals surface area contributed by atoms with Crippen LogP contribution in [-0.4, -0.2) is 20.9 Å². The minimum Gasteiger partial charge on any atom is -0.298 e. The summed E-state index contributed by atoms with van der Waals surface area (Å²) in [6.07, 6.45) is 2.66. The zero-order valence-electron chi connectivity index (χ0n) is 9.65. The average Bonchev–Trinajstić information content (AvgIpc) is 2.84. The number of benzene rings is 1. The van der Waals surface area contributed by atoms with Crippen molar-refractivity contribution in [3.63, 3.8) is 0 Å². The molecule has 0 spiro atoms. The van der Waals surface area contributed by atoms with Gasteiger partial charge >= 0.3 is 0 Å². The van der Waals surface area contributed by atoms with Crippen molar-refractivity contribution >= 4 is 35.3 Å². The smallest absolute Gasteiger partial charge is 0.200 e. The zero-order chi connectivity index (χ0) is 13.2. The van der Waals surface area contributed by atoms with E-state index in [1.54, 1.807) is 18.2 Å². The molecule has 0 aliphatic carbocycles. The van der Waals surface area contributed by atoms with E-state index in [4.69, 9.17) is 11.6 Å². The molecular weight excluding hydrogens is 282 g/mol. The molecule has 19 heavy (non-hydrogen) atoms. The first kappa shape index (κ1) is 12.2. The van der Waals surface area contributed by atoms with Crippen LogP contribution >= 0.6 is 23.4 Å². The Morgan fingerprint density at radius 3 is 2.89 bits per heavy atom. The van der Waals surface area contributed by atoms with Crippen molar-refractivity contribution in [1.82, 2.24) is 14.6 Å². The number of pyridine rings is 1. The van der Waals surface area contributed by atoms with Gasteiger partial charge in [-0.2, -0.15) is 0 Å². The highest BCUT2D eigenvalue weighted by molar-refractivity contribution is 7.99. The number of aromatic nitrogens is 3. The fourth-order valence-corrected chi connectivity index (χ4v) is 2.92. The summed E-state index contributed by atoms with van der Waals surface area (Å²) in [6.45, 7) is 0. The summed E-state index contributed by atoms with van der Waals surface area (Å²) in [5, 5.41) is 9.37. The molecule has 94 valence electrons. The first-order chi connectivity index (χ1) is 9.29. The second-order valence-electron chi connectivity index (χ2n) is 3.79. The molecule has 0 radical (unpaired) electrons. The molecule has 0 aliphatic rings. The molecule has 0 fully saturated rings. The number of halogens is 1. The normalized spacial score (nSPS) is 10.8. The van der Waals surface area contributed by atoms with Crippen LogP contribution in [0.15, 0.2) is 52.6 Å². The van der Waals surface area contributed by atoms with E-state index in [-0.39, 0.29) is 0 Å². The monoisotopic (exact) mass is 289 g/mol. The Morgan fingerprint density at radius 2 is 2.05 bits per heavy atom. The maximum Gasteiger partial charge on any atom is 0.200 e. The lowest BCUT2D eigenvalue weighted by Gasteiger charge is -2.05. The van der Waals surface area contributed by atoms with Crippen LogP contribution in [0.2, 0.25) is 5.02 Å². The third-order valence-electron chi connectivity index (χ3n) is 2.60. The quantitative estimate of drug-likeness (QED) is 0.694. The third-order valence-corrected chi connectivity index (χ3v) is 4.15. The Kier molecular flexibility index (Phi) is 3.23. The van der Waals surface area contributed by atoms with Crippen molar-refractivity contribution in [2.75, 3.05) is 0 Å². The first-order valence-corrected chi connectivity index (χ1v) is 6.70. The van der Waals surface area contributed by atoms with Gasteiger partial charge in [0.25, 0.3) is 0 Å². The molecule has 0 aliphatic heterocycles. The van der Waals surface area contributed by atoms with Gasteiger partial charge in [-0.15, -0.1) is 10.2 Å². The summed E-state index contributed by atoms with van der Waals surface area (Å²) in [4.78, 5) is 11.7. The molecule has 0 amide bonds. The van der Waals surface area contributed by atoms with Crippen molar-refractivity contribution in [3.05, 3.63) is 53.2 Å². The molecule has 0 N–H and O–H groups in total. The van der Waals surface area contributed by atoms with E-state index in [1.165, 1.54) is 11.8 Å². The summed E-state index contributed by atoms with van der Waals surface area (Å²) in [5.41, 5.74) is 1.30. The summed E-state index contributed by atoms with van der Waals surface area (Å²) in [7, 11) is 0. The van der Waals surface area contributed by atoms with Crippen LogP contribution in [0.1, 0.15) is 10.4 Å². The maximum absolute atomic E-state index is 11.1. The summed E-state index contributed by atoms with van der Waals surface area (Å²) < 4.78 is 1.85. The van der Waals surface area contributed by atoms with Gasteiger partial charge in [0.15, 0.2) is 17.1 Å². The molecule has 1 aromatic carbocycles.